The fraction of sp³-hybridized carbons (Fsp3) is 0.450. The second-order valence-corrected chi connectivity index (χ2v) is 11.3. The fourth-order valence-corrected chi connectivity index (χ4v) is 2.97. The van der Waals surface area contributed by atoms with E-state index < -0.39 is 17.9 Å². The molecule has 0 heterocycles. The molecule has 0 aliphatic rings. The van der Waals surface area contributed by atoms with Crippen molar-refractivity contribution in [2.75, 3.05) is 0 Å². The Kier molecular flexibility index (Phi) is 35.7. The van der Waals surface area contributed by atoms with Crippen LogP contribution in [0.1, 0.15) is 149 Å². The molecule has 0 aliphatic heterocycles. The van der Waals surface area contributed by atoms with Crippen molar-refractivity contribution >= 4 is 24.1 Å². The fourth-order valence-electron chi connectivity index (χ4n) is 2.97. The van der Waals surface area contributed by atoms with Gasteiger partial charge in [-0.1, -0.05) is 156 Å². The molecular weight excluding hydrogens is 608 g/mol. The summed E-state index contributed by atoms with van der Waals surface area (Å²) >= 11 is 0. The molecule has 3 aromatic rings. The standard InChI is InChI=1S/C12H16O2.2C8H8O2.C4H10.2C3H8.CO2.CH4/c1-8-7-9(12(2,3)4)5-6-10(8)11(13)14;2*1-6-4-2-3-5-7(6)8(9)10;1-3-4-2;2*1-3-2;2-1-3;/h5-7H,1-4H3,(H,13,14);2*2-5H,1H3,(H,9,10);3-4H2,1-2H3;2*3H2,1-2H3;;1H4/p-2. The Hall–Kier alpha value is -4.55. The third-order valence-corrected chi connectivity index (χ3v) is 5.55. The molecular formula is C40H60O8-2. The number of aromatic carboxylic acids is 3. The maximum atomic E-state index is 10.7. The summed E-state index contributed by atoms with van der Waals surface area (Å²) in [4.78, 5) is 47.7. The van der Waals surface area contributed by atoms with Crippen LogP contribution in [0.25, 0.3) is 0 Å². The van der Waals surface area contributed by atoms with E-state index in [2.05, 4.69) is 62.3 Å². The predicted molar refractivity (Wildman–Crippen MR) is 192 cm³/mol. The Morgan fingerprint density at radius 3 is 1.15 bits per heavy atom. The van der Waals surface area contributed by atoms with Gasteiger partial charge in [0, 0.05) is 11.1 Å². The van der Waals surface area contributed by atoms with Gasteiger partial charge in [0.2, 0.25) is 0 Å². The highest BCUT2D eigenvalue weighted by Gasteiger charge is 2.14. The highest BCUT2D eigenvalue weighted by atomic mass is 16.4. The van der Waals surface area contributed by atoms with Gasteiger partial charge in [-0.15, -0.1) is 0 Å². The summed E-state index contributed by atoms with van der Waals surface area (Å²) in [5, 5.41) is 29.5. The lowest BCUT2D eigenvalue weighted by molar-refractivity contribution is -0.256. The van der Waals surface area contributed by atoms with Gasteiger partial charge in [-0.3, -0.25) is 0 Å². The minimum atomic E-state index is -1.11. The van der Waals surface area contributed by atoms with Gasteiger partial charge >= 0.3 is 12.1 Å². The molecule has 48 heavy (non-hydrogen) atoms. The van der Waals surface area contributed by atoms with Gasteiger partial charge in [0.15, 0.2) is 0 Å². The second-order valence-electron chi connectivity index (χ2n) is 11.3. The van der Waals surface area contributed by atoms with Gasteiger partial charge in [0.25, 0.3) is 0 Å². The number of hydrogen-bond donors (Lipinski definition) is 1. The van der Waals surface area contributed by atoms with Crippen LogP contribution >= 0.6 is 0 Å². The first-order valence-corrected chi connectivity index (χ1v) is 15.8. The zero-order valence-corrected chi connectivity index (χ0v) is 30.5. The van der Waals surface area contributed by atoms with E-state index in [9.17, 15) is 24.6 Å². The maximum Gasteiger partial charge on any atom is 0.373 e. The summed E-state index contributed by atoms with van der Waals surface area (Å²) in [5.74, 6) is -3.08. The molecule has 8 nitrogen and oxygen atoms in total. The monoisotopic (exact) mass is 668 g/mol. The van der Waals surface area contributed by atoms with Crippen LogP contribution in [0.5, 0.6) is 0 Å². The molecule has 270 valence electrons. The summed E-state index contributed by atoms with van der Waals surface area (Å²) in [6.45, 7) is 24.5. The molecule has 0 aromatic heterocycles. The van der Waals surface area contributed by atoms with Crippen LogP contribution in [0, 0.1) is 20.8 Å². The number of carbonyl (C=O) groups is 3. The topological polar surface area (TPSA) is 152 Å². The van der Waals surface area contributed by atoms with E-state index in [0.29, 0.717) is 5.56 Å². The largest absolute Gasteiger partial charge is 0.545 e. The number of carboxylic acids is 3. The molecule has 1 N–H and O–H groups in total. The molecule has 0 saturated carbocycles. The van der Waals surface area contributed by atoms with Crippen molar-refractivity contribution < 1.29 is 39.3 Å². The molecule has 0 saturated heterocycles. The average molecular weight is 669 g/mol. The van der Waals surface area contributed by atoms with Crippen LogP contribution in [0.15, 0.2) is 66.7 Å². The van der Waals surface area contributed by atoms with Gasteiger partial charge in [-0.05, 0) is 54.5 Å². The molecule has 3 aromatic carbocycles. The summed E-state index contributed by atoms with van der Waals surface area (Å²) in [6, 6.07) is 19.0. The first-order valence-electron chi connectivity index (χ1n) is 15.8. The highest BCUT2D eigenvalue weighted by Crippen LogP contribution is 2.24. The van der Waals surface area contributed by atoms with Crippen molar-refractivity contribution in [2.45, 2.75) is 122 Å². The van der Waals surface area contributed by atoms with Crippen LogP contribution in [0.4, 0.5) is 0 Å². The molecule has 0 fully saturated rings. The van der Waals surface area contributed by atoms with E-state index in [0.717, 1.165) is 22.3 Å². The molecule has 0 bridgehead atoms. The summed E-state index contributed by atoms with van der Waals surface area (Å²) in [6.07, 6.45) is 5.39. The number of hydrogen-bond acceptors (Lipinski definition) is 7. The molecule has 0 atom stereocenters. The van der Waals surface area contributed by atoms with Gasteiger partial charge in [-0.25, -0.2) is 4.79 Å². The quantitative estimate of drug-likeness (QED) is 0.291. The van der Waals surface area contributed by atoms with Gasteiger partial charge in [0.1, 0.15) is 0 Å². The molecule has 0 amide bonds. The highest BCUT2D eigenvalue weighted by molar-refractivity contribution is 5.89. The summed E-state index contributed by atoms with van der Waals surface area (Å²) < 4.78 is 0. The molecule has 0 aliphatic carbocycles. The lowest BCUT2D eigenvalue weighted by Crippen LogP contribution is -2.23. The lowest BCUT2D eigenvalue weighted by atomic mass is 9.85. The Labute approximate surface area is 290 Å². The van der Waals surface area contributed by atoms with Gasteiger partial charge in [0.05, 0.1) is 17.5 Å². The SMILES string of the molecule is C.CCC.CCC.CCCC.Cc1cc(C(C)(C)C)ccc1C(=O)[O-].Cc1ccccc1C(=O)O.Cc1ccccc1C(=O)[O-].O=C=O. The number of aryl methyl sites for hydroxylation is 3. The third-order valence-electron chi connectivity index (χ3n) is 5.55. The minimum Gasteiger partial charge on any atom is -0.545 e. The lowest BCUT2D eigenvalue weighted by Gasteiger charge is -2.20. The summed E-state index contributed by atoms with van der Waals surface area (Å²) in [7, 11) is 0. The smallest absolute Gasteiger partial charge is 0.373 e. The second kappa shape index (κ2) is 32.4. The predicted octanol–water partition coefficient (Wildman–Crippen LogP) is 8.40. The van der Waals surface area contributed by atoms with E-state index in [-0.39, 0.29) is 30.1 Å². The number of benzene rings is 3. The van der Waals surface area contributed by atoms with Gasteiger partial charge in [-0.2, -0.15) is 9.59 Å². The van der Waals surface area contributed by atoms with Crippen LogP contribution in [-0.2, 0) is 15.0 Å². The van der Waals surface area contributed by atoms with E-state index in [1.54, 1.807) is 63.2 Å². The maximum absolute atomic E-state index is 10.7. The Balaban J connectivity index is -0.000000163. The number of carbonyl (C=O) groups excluding carboxylic acids is 4. The van der Waals surface area contributed by atoms with Crippen molar-refractivity contribution in [1.29, 1.82) is 0 Å². The first kappa shape index (κ1) is 53.0. The zero-order valence-electron chi connectivity index (χ0n) is 30.5. The van der Waals surface area contributed by atoms with Crippen molar-refractivity contribution in [3.8, 4) is 0 Å². The Bertz CT molecular complexity index is 1260. The molecule has 8 heteroatoms. The summed E-state index contributed by atoms with van der Waals surface area (Å²) in [5.41, 5.74) is 4.41. The van der Waals surface area contributed by atoms with Crippen LogP contribution in [0.2, 0.25) is 0 Å². The number of carboxylic acid groups (broad SMARTS) is 3. The molecule has 0 unspecified atom stereocenters. The molecule has 0 radical (unpaired) electrons. The third kappa shape index (κ3) is 27.7. The normalized spacial score (nSPS) is 8.75. The molecule has 0 spiro atoms. The van der Waals surface area contributed by atoms with Crippen molar-refractivity contribution in [3.63, 3.8) is 0 Å². The first-order chi connectivity index (χ1) is 21.9. The molecule has 3 rings (SSSR count). The van der Waals surface area contributed by atoms with E-state index in [4.69, 9.17) is 14.7 Å². The number of unbranched alkanes of at least 4 members (excludes halogenated alkanes) is 1. The Morgan fingerprint density at radius 1 is 0.625 bits per heavy atom. The van der Waals surface area contributed by atoms with Crippen molar-refractivity contribution in [2.24, 2.45) is 0 Å². The van der Waals surface area contributed by atoms with Crippen LogP contribution in [-0.4, -0.2) is 29.2 Å². The van der Waals surface area contributed by atoms with Gasteiger partial charge < -0.3 is 24.9 Å². The Morgan fingerprint density at radius 2 is 0.938 bits per heavy atom. The van der Waals surface area contributed by atoms with E-state index in [1.165, 1.54) is 31.7 Å². The van der Waals surface area contributed by atoms with Crippen LogP contribution in [0.3, 0.4) is 0 Å². The average Bonchev–Trinajstić information content (AvgIpc) is 2.99. The van der Waals surface area contributed by atoms with Crippen LogP contribution < -0.4 is 10.2 Å². The zero-order chi connectivity index (χ0) is 37.6. The van der Waals surface area contributed by atoms with Crippen molar-refractivity contribution in [3.05, 3.63) is 106 Å². The van der Waals surface area contributed by atoms with E-state index in [1.807, 2.05) is 18.2 Å². The minimum absolute atomic E-state index is 0. The van der Waals surface area contributed by atoms with E-state index >= 15 is 0 Å². The van der Waals surface area contributed by atoms with Crippen molar-refractivity contribution in [1.82, 2.24) is 0 Å². The number of rotatable bonds is 4.